The monoisotopic (exact) mass is 334 g/mol. The smallest absolute Gasteiger partial charge is 0.354 e. The van der Waals surface area contributed by atoms with E-state index in [0.717, 1.165) is 18.1 Å². The van der Waals surface area contributed by atoms with Gasteiger partial charge in [-0.3, -0.25) is 4.79 Å². The van der Waals surface area contributed by atoms with Crippen molar-refractivity contribution in [2.45, 2.75) is 20.3 Å². The van der Waals surface area contributed by atoms with Crippen LogP contribution in [0.3, 0.4) is 0 Å². The molecule has 0 fully saturated rings. The van der Waals surface area contributed by atoms with Gasteiger partial charge in [0.1, 0.15) is 5.70 Å². The Morgan fingerprint density at radius 3 is 2.42 bits per heavy atom. The molecule has 1 aromatic carbocycles. The Balaban J connectivity index is 3.00. The van der Waals surface area contributed by atoms with Gasteiger partial charge < -0.3 is 20.1 Å². The van der Waals surface area contributed by atoms with E-state index in [0.29, 0.717) is 17.8 Å². The number of carbonyl (C=O) groups excluding carboxylic acids is 3. The molecular weight excluding hydrogens is 312 g/mol. The summed E-state index contributed by atoms with van der Waals surface area (Å²) in [4.78, 5) is 35.1. The molecule has 0 saturated carbocycles. The molecule has 1 aromatic rings. The summed E-state index contributed by atoms with van der Waals surface area (Å²) in [6, 6.07) is 4.98. The number of nitrogens with one attached hydrogen (secondary N) is 2. The Morgan fingerprint density at radius 1 is 1.17 bits per heavy atom. The topological polar surface area (TPSA) is 93.7 Å². The van der Waals surface area contributed by atoms with Crippen LogP contribution in [0.4, 0.5) is 5.69 Å². The second kappa shape index (κ2) is 9.34. The maximum atomic E-state index is 11.9. The molecule has 0 aliphatic heterocycles. The third-order valence-corrected chi connectivity index (χ3v) is 3.16. The zero-order valence-electron chi connectivity index (χ0n) is 14.3. The van der Waals surface area contributed by atoms with Gasteiger partial charge in [-0.25, -0.2) is 9.59 Å². The minimum Gasteiger partial charge on any atom is -0.466 e. The van der Waals surface area contributed by atoms with E-state index in [1.807, 2.05) is 6.92 Å². The van der Waals surface area contributed by atoms with E-state index >= 15 is 0 Å². The van der Waals surface area contributed by atoms with E-state index < -0.39 is 11.9 Å². The number of benzene rings is 1. The minimum absolute atomic E-state index is 0.0596. The Morgan fingerprint density at radius 2 is 1.88 bits per heavy atom. The summed E-state index contributed by atoms with van der Waals surface area (Å²) in [7, 11) is 2.42. The van der Waals surface area contributed by atoms with Crippen molar-refractivity contribution < 1.29 is 23.9 Å². The van der Waals surface area contributed by atoms with Gasteiger partial charge in [0.25, 0.3) is 5.91 Å². The van der Waals surface area contributed by atoms with Crippen molar-refractivity contribution in [1.29, 1.82) is 0 Å². The number of amides is 1. The predicted octanol–water partition coefficient (Wildman–Crippen LogP) is 1.78. The molecule has 0 radical (unpaired) electrons. The lowest BCUT2D eigenvalue weighted by Gasteiger charge is -2.13. The van der Waals surface area contributed by atoms with Gasteiger partial charge in [0.2, 0.25) is 0 Å². The van der Waals surface area contributed by atoms with Crippen LogP contribution in [0, 0.1) is 6.92 Å². The quantitative estimate of drug-likeness (QED) is 0.583. The maximum absolute atomic E-state index is 11.9. The molecule has 0 atom stereocenters. The molecule has 2 N–H and O–H groups in total. The molecule has 1 rings (SSSR count). The first kappa shape index (κ1) is 19.2. The fourth-order valence-electron chi connectivity index (χ4n) is 1.86. The molecule has 0 unspecified atom stereocenters. The van der Waals surface area contributed by atoms with Crippen LogP contribution in [0.5, 0.6) is 0 Å². The standard InChI is InChI=1S/C17H22N2O5/c1-5-8-18-16(21)12-6-7-13(11(2)9-12)19-14(17(22)24-4)10-15(20)23-3/h6-7,9-10,19H,5,8H2,1-4H3,(H,18,21)/b14-10+. The summed E-state index contributed by atoms with van der Waals surface area (Å²) in [5.41, 5.74) is 1.76. The number of rotatable bonds is 7. The zero-order chi connectivity index (χ0) is 18.1. The lowest BCUT2D eigenvalue weighted by molar-refractivity contribution is -0.138. The van der Waals surface area contributed by atoms with Crippen molar-refractivity contribution in [2.24, 2.45) is 0 Å². The van der Waals surface area contributed by atoms with E-state index in [2.05, 4.69) is 20.1 Å². The van der Waals surface area contributed by atoms with Crippen LogP contribution in [-0.2, 0) is 19.1 Å². The third kappa shape index (κ3) is 5.42. The molecule has 0 bridgehead atoms. The van der Waals surface area contributed by atoms with Crippen LogP contribution in [0.1, 0.15) is 29.3 Å². The molecule has 0 aliphatic carbocycles. The Labute approximate surface area is 141 Å². The summed E-state index contributed by atoms with van der Waals surface area (Å²) >= 11 is 0. The molecule has 0 aromatic heterocycles. The van der Waals surface area contributed by atoms with Crippen LogP contribution < -0.4 is 10.6 Å². The lowest BCUT2D eigenvalue weighted by Crippen LogP contribution is -2.24. The van der Waals surface area contributed by atoms with Gasteiger partial charge in [-0.1, -0.05) is 6.92 Å². The van der Waals surface area contributed by atoms with Crippen LogP contribution in [0.15, 0.2) is 30.0 Å². The number of aryl methyl sites for hydroxylation is 1. The number of hydrogen-bond acceptors (Lipinski definition) is 6. The zero-order valence-corrected chi connectivity index (χ0v) is 14.3. The molecule has 0 aliphatic rings. The highest BCUT2D eigenvalue weighted by atomic mass is 16.5. The van der Waals surface area contributed by atoms with Crippen LogP contribution in [0.25, 0.3) is 0 Å². The number of anilines is 1. The van der Waals surface area contributed by atoms with Gasteiger partial charge in [0.05, 0.1) is 20.3 Å². The largest absolute Gasteiger partial charge is 0.466 e. The molecule has 130 valence electrons. The predicted molar refractivity (Wildman–Crippen MR) is 89.5 cm³/mol. The minimum atomic E-state index is -0.704. The average Bonchev–Trinajstić information content (AvgIpc) is 2.59. The Hall–Kier alpha value is -2.83. The molecule has 7 heteroatoms. The second-order valence-corrected chi connectivity index (χ2v) is 4.98. The lowest BCUT2D eigenvalue weighted by atomic mass is 10.1. The second-order valence-electron chi connectivity index (χ2n) is 4.98. The van der Waals surface area contributed by atoms with Gasteiger partial charge in [-0.15, -0.1) is 0 Å². The van der Waals surface area contributed by atoms with Crippen molar-refractivity contribution in [1.82, 2.24) is 5.32 Å². The van der Waals surface area contributed by atoms with Crippen LogP contribution in [0.2, 0.25) is 0 Å². The maximum Gasteiger partial charge on any atom is 0.354 e. The van der Waals surface area contributed by atoms with Crippen molar-refractivity contribution in [3.05, 3.63) is 41.1 Å². The summed E-state index contributed by atoms with van der Waals surface area (Å²) < 4.78 is 9.15. The van der Waals surface area contributed by atoms with Gasteiger partial charge in [0.15, 0.2) is 0 Å². The van der Waals surface area contributed by atoms with Crippen molar-refractivity contribution in [3.63, 3.8) is 0 Å². The van der Waals surface area contributed by atoms with Gasteiger partial charge in [-0.2, -0.15) is 0 Å². The van der Waals surface area contributed by atoms with E-state index in [4.69, 9.17) is 0 Å². The summed E-state index contributed by atoms with van der Waals surface area (Å²) in [5.74, 6) is -1.55. The van der Waals surface area contributed by atoms with E-state index in [1.54, 1.807) is 25.1 Å². The number of esters is 2. The Bertz CT molecular complexity index is 652. The highest BCUT2D eigenvalue weighted by Gasteiger charge is 2.14. The first-order chi connectivity index (χ1) is 11.4. The molecule has 1 amide bonds. The normalized spacial score (nSPS) is 10.8. The molecule has 0 spiro atoms. The van der Waals surface area contributed by atoms with Crippen molar-refractivity contribution in [3.8, 4) is 0 Å². The average molecular weight is 334 g/mol. The van der Waals surface area contributed by atoms with Crippen molar-refractivity contribution >= 4 is 23.5 Å². The van der Waals surface area contributed by atoms with Crippen LogP contribution >= 0.6 is 0 Å². The van der Waals surface area contributed by atoms with Crippen molar-refractivity contribution in [2.75, 3.05) is 26.1 Å². The van der Waals surface area contributed by atoms with E-state index in [9.17, 15) is 14.4 Å². The number of ether oxygens (including phenoxy) is 2. The van der Waals surface area contributed by atoms with Crippen LogP contribution in [-0.4, -0.2) is 38.6 Å². The highest BCUT2D eigenvalue weighted by Crippen LogP contribution is 2.19. The number of hydrogen-bond donors (Lipinski definition) is 2. The fourth-order valence-corrected chi connectivity index (χ4v) is 1.86. The molecule has 0 heterocycles. The number of methoxy groups -OCH3 is 2. The highest BCUT2D eigenvalue weighted by molar-refractivity contribution is 5.99. The summed E-state index contributed by atoms with van der Waals surface area (Å²) in [6.45, 7) is 4.36. The van der Waals surface area contributed by atoms with Gasteiger partial charge in [0, 0.05) is 17.8 Å². The molecular formula is C17H22N2O5. The van der Waals surface area contributed by atoms with Gasteiger partial charge >= 0.3 is 11.9 Å². The van der Waals surface area contributed by atoms with E-state index in [-0.39, 0.29) is 11.6 Å². The summed E-state index contributed by atoms with van der Waals surface area (Å²) in [5, 5.41) is 5.62. The Kier molecular flexibility index (Phi) is 7.48. The molecule has 0 saturated heterocycles. The van der Waals surface area contributed by atoms with E-state index in [1.165, 1.54) is 14.2 Å². The first-order valence-corrected chi connectivity index (χ1v) is 7.46. The summed E-state index contributed by atoms with van der Waals surface area (Å²) in [6.07, 6.45) is 1.86. The number of carbonyl (C=O) groups is 3. The third-order valence-electron chi connectivity index (χ3n) is 3.16. The van der Waals surface area contributed by atoms with Gasteiger partial charge in [-0.05, 0) is 37.1 Å². The molecule has 7 nitrogen and oxygen atoms in total. The SMILES string of the molecule is CCCNC(=O)c1ccc(N/C(=C/C(=O)OC)C(=O)OC)c(C)c1. The molecule has 24 heavy (non-hydrogen) atoms. The first-order valence-electron chi connectivity index (χ1n) is 7.46. The fraction of sp³-hybridized carbons (Fsp3) is 0.353.